The molecular weight excluding hydrogens is 380 g/mol. The second-order valence-electron chi connectivity index (χ2n) is 10.3. The zero-order chi connectivity index (χ0) is 21.2. The zero-order valence-corrected chi connectivity index (χ0v) is 17.5. The summed E-state index contributed by atoms with van der Waals surface area (Å²) in [6.07, 6.45) is -2.52. The van der Waals surface area contributed by atoms with E-state index in [2.05, 4.69) is 6.92 Å². The van der Waals surface area contributed by atoms with Crippen molar-refractivity contribution in [1.29, 1.82) is 0 Å². The van der Waals surface area contributed by atoms with Crippen molar-refractivity contribution in [2.75, 3.05) is 13.2 Å². The number of aliphatic hydroxyl groups is 5. The molecule has 2 saturated heterocycles. The van der Waals surface area contributed by atoms with E-state index in [9.17, 15) is 25.5 Å². The highest BCUT2D eigenvalue weighted by molar-refractivity contribution is 5.13. The smallest absolute Gasteiger partial charge is 0.187 e. The van der Waals surface area contributed by atoms with E-state index in [1.165, 1.54) is 0 Å². The number of aliphatic hydroxyl groups excluding tert-OH is 5. The highest BCUT2D eigenvalue weighted by atomic mass is 16.7. The molecule has 29 heavy (non-hydrogen) atoms. The fourth-order valence-corrected chi connectivity index (χ4v) is 6.33. The van der Waals surface area contributed by atoms with Crippen LogP contribution in [0.5, 0.6) is 0 Å². The molecule has 0 aromatic heterocycles. The van der Waals surface area contributed by atoms with Gasteiger partial charge in [0, 0.05) is 5.41 Å². The van der Waals surface area contributed by atoms with E-state index in [-0.39, 0.29) is 29.0 Å². The van der Waals surface area contributed by atoms with E-state index in [0.29, 0.717) is 6.61 Å². The van der Waals surface area contributed by atoms with Crippen molar-refractivity contribution < 1.29 is 39.7 Å². The van der Waals surface area contributed by atoms with Gasteiger partial charge in [0.1, 0.15) is 24.4 Å². The average molecular weight is 417 g/mol. The van der Waals surface area contributed by atoms with Gasteiger partial charge in [0.25, 0.3) is 0 Å². The zero-order valence-electron chi connectivity index (χ0n) is 17.5. The molecular formula is C21H36O8. The minimum Gasteiger partial charge on any atom is -0.394 e. The molecule has 2 bridgehead atoms. The van der Waals surface area contributed by atoms with Crippen molar-refractivity contribution in [2.45, 2.75) is 101 Å². The van der Waals surface area contributed by atoms with Crippen LogP contribution in [0.3, 0.4) is 0 Å². The fourth-order valence-electron chi connectivity index (χ4n) is 6.33. The monoisotopic (exact) mass is 416 g/mol. The van der Waals surface area contributed by atoms with Crippen LogP contribution in [0.2, 0.25) is 0 Å². The Balaban J connectivity index is 1.49. The number of ether oxygens (including phenoxy) is 3. The molecule has 8 heteroatoms. The lowest BCUT2D eigenvalue weighted by molar-refractivity contribution is -0.330. The Hall–Kier alpha value is -0.320. The van der Waals surface area contributed by atoms with Gasteiger partial charge in [0.15, 0.2) is 6.29 Å². The molecule has 0 amide bonds. The summed E-state index contributed by atoms with van der Waals surface area (Å²) in [6.45, 7) is 6.17. The normalized spacial score (nSPS) is 53.0. The lowest BCUT2D eigenvalue weighted by atomic mass is 9.52. The van der Waals surface area contributed by atoms with E-state index in [1.807, 2.05) is 13.8 Å². The highest BCUT2D eigenvalue weighted by Crippen LogP contribution is 2.62. The van der Waals surface area contributed by atoms with Gasteiger partial charge < -0.3 is 39.7 Å². The van der Waals surface area contributed by atoms with Crippen molar-refractivity contribution in [1.82, 2.24) is 0 Å². The topological polar surface area (TPSA) is 129 Å². The number of rotatable bonds is 4. The minimum atomic E-state index is -1.45. The predicted molar refractivity (Wildman–Crippen MR) is 102 cm³/mol. The molecule has 0 aromatic carbocycles. The van der Waals surface area contributed by atoms with Gasteiger partial charge in [-0.3, -0.25) is 0 Å². The standard InChI is InChI=1S/C21H36O8/c1-19(2,29-18-17(26)16(25)15(24)12(9-22)28-18)11-4-7-21-10-27-20(3,13(21)8-11)6-5-14(21)23/h11-18,22-26H,4-10H2,1-3H3. The maximum Gasteiger partial charge on any atom is 0.187 e. The van der Waals surface area contributed by atoms with E-state index < -0.39 is 42.9 Å². The third-order valence-corrected chi connectivity index (χ3v) is 8.41. The van der Waals surface area contributed by atoms with Crippen LogP contribution >= 0.6 is 0 Å². The molecule has 4 fully saturated rings. The maximum atomic E-state index is 10.8. The molecule has 10 atom stereocenters. The third-order valence-electron chi connectivity index (χ3n) is 8.41. The van der Waals surface area contributed by atoms with E-state index >= 15 is 0 Å². The first-order valence-corrected chi connectivity index (χ1v) is 10.8. The van der Waals surface area contributed by atoms with Gasteiger partial charge in [0.05, 0.1) is 30.5 Å². The summed E-state index contributed by atoms with van der Waals surface area (Å²) in [7, 11) is 0. The van der Waals surface area contributed by atoms with Crippen LogP contribution < -0.4 is 0 Å². The van der Waals surface area contributed by atoms with Crippen LogP contribution in [0.25, 0.3) is 0 Å². The Morgan fingerprint density at radius 3 is 2.45 bits per heavy atom. The maximum absolute atomic E-state index is 10.8. The SMILES string of the molecule is CC(C)(OC1OC(CO)C(O)C(O)C1O)C1CCC23COC(C)(CCC2O)C3C1. The minimum absolute atomic E-state index is 0.152. The molecule has 10 unspecified atom stereocenters. The predicted octanol–water partition coefficient (Wildman–Crippen LogP) is -0.0722. The summed E-state index contributed by atoms with van der Waals surface area (Å²) in [6, 6.07) is 0. The first-order chi connectivity index (χ1) is 13.5. The molecule has 2 aliphatic carbocycles. The molecule has 2 saturated carbocycles. The lowest BCUT2D eigenvalue weighted by Crippen LogP contribution is -2.61. The van der Waals surface area contributed by atoms with Crippen molar-refractivity contribution in [3.05, 3.63) is 0 Å². The Bertz CT molecular complexity index is 611. The van der Waals surface area contributed by atoms with Crippen molar-refractivity contribution >= 4 is 0 Å². The molecule has 0 spiro atoms. The summed E-state index contributed by atoms with van der Waals surface area (Å²) in [5.74, 6) is 0.398. The van der Waals surface area contributed by atoms with Gasteiger partial charge in [-0.15, -0.1) is 0 Å². The molecule has 4 rings (SSSR count). The molecule has 8 nitrogen and oxygen atoms in total. The van der Waals surface area contributed by atoms with E-state index in [0.717, 1.165) is 32.1 Å². The molecule has 2 heterocycles. The Morgan fingerprint density at radius 1 is 1.03 bits per heavy atom. The summed E-state index contributed by atoms with van der Waals surface area (Å²) in [5.41, 5.74) is -1.08. The van der Waals surface area contributed by atoms with Crippen LogP contribution in [0.1, 0.15) is 52.9 Å². The van der Waals surface area contributed by atoms with Gasteiger partial charge >= 0.3 is 0 Å². The third kappa shape index (κ3) is 3.36. The molecule has 0 aromatic rings. The Morgan fingerprint density at radius 2 is 1.76 bits per heavy atom. The average Bonchev–Trinajstić information content (AvgIpc) is 2.93. The van der Waals surface area contributed by atoms with Crippen molar-refractivity contribution in [2.24, 2.45) is 17.3 Å². The first-order valence-electron chi connectivity index (χ1n) is 10.8. The summed E-state index contributed by atoms with van der Waals surface area (Å²) >= 11 is 0. The van der Waals surface area contributed by atoms with Crippen molar-refractivity contribution in [3.63, 3.8) is 0 Å². The molecule has 5 N–H and O–H groups in total. The molecule has 0 radical (unpaired) electrons. The number of hydrogen-bond acceptors (Lipinski definition) is 8. The van der Waals surface area contributed by atoms with Crippen LogP contribution in [0, 0.1) is 17.3 Å². The van der Waals surface area contributed by atoms with Crippen LogP contribution in [-0.4, -0.2) is 86.8 Å². The van der Waals surface area contributed by atoms with Crippen molar-refractivity contribution in [3.8, 4) is 0 Å². The fraction of sp³-hybridized carbons (Fsp3) is 1.00. The van der Waals surface area contributed by atoms with Crippen LogP contribution in [-0.2, 0) is 14.2 Å². The van der Waals surface area contributed by atoms with Crippen LogP contribution in [0.4, 0.5) is 0 Å². The Kier molecular flexibility index (Phi) is 5.57. The largest absolute Gasteiger partial charge is 0.394 e. The number of hydrogen-bond donors (Lipinski definition) is 5. The Labute approximate surface area is 171 Å². The molecule has 168 valence electrons. The summed E-state index contributed by atoms with van der Waals surface area (Å²) in [4.78, 5) is 0. The quantitative estimate of drug-likeness (QED) is 0.431. The summed E-state index contributed by atoms with van der Waals surface area (Å²) < 4.78 is 17.9. The molecule has 4 aliphatic rings. The van der Waals surface area contributed by atoms with Gasteiger partial charge in [-0.25, -0.2) is 0 Å². The van der Waals surface area contributed by atoms with Gasteiger partial charge in [-0.1, -0.05) is 0 Å². The van der Waals surface area contributed by atoms with Gasteiger partial charge in [-0.05, 0) is 64.7 Å². The highest BCUT2D eigenvalue weighted by Gasteiger charge is 2.64. The van der Waals surface area contributed by atoms with E-state index in [4.69, 9.17) is 14.2 Å². The van der Waals surface area contributed by atoms with Crippen LogP contribution in [0.15, 0.2) is 0 Å². The first kappa shape index (κ1) is 21.9. The molecule has 2 aliphatic heterocycles. The van der Waals surface area contributed by atoms with E-state index in [1.54, 1.807) is 0 Å². The second-order valence-corrected chi connectivity index (χ2v) is 10.3. The lowest BCUT2D eigenvalue weighted by Gasteiger charge is -2.54. The van der Waals surface area contributed by atoms with Gasteiger partial charge in [0.2, 0.25) is 0 Å². The van der Waals surface area contributed by atoms with Gasteiger partial charge in [-0.2, -0.15) is 0 Å². The summed E-state index contributed by atoms with van der Waals surface area (Å²) in [5, 5.41) is 50.5. The second kappa shape index (κ2) is 7.38.